The number of phenolic OH excluding ortho intramolecular Hbond substituents is 1. The van der Waals surface area contributed by atoms with Gasteiger partial charge in [-0.2, -0.15) is 0 Å². The summed E-state index contributed by atoms with van der Waals surface area (Å²) in [6, 6.07) is 14.3. The lowest BCUT2D eigenvalue weighted by Crippen LogP contribution is -1.95. The Balaban J connectivity index is 2.32. The van der Waals surface area contributed by atoms with Crippen molar-refractivity contribution < 1.29 is 5.11 Å². The zero-order valence-corrected chi connectivity index (χ0v) is 10.7. The molecular weight excluding hydrogens is 220 g/mol. The molecule has 0 atom stereocenters. The fraction of sp³-hybridized carbons (Fsp3) is 0.176. The van der Waals surface area contributed by atoms with Gasteiger partial charge in [-0.15, -0.1) is 6.58 Å². The van der Waals surface area contributed by atoms with E-state index in [1.807, 2.05) is 25.1 Å². The molecular formula is C17H18O. The topological polar surface area (TPSA) is 20.2 Å². The third-order valence-electron chi connectivity index (χ3n) is 3.14. The van der Waals surface area contributed by atoms with Crippen molar-refractivity contribution in [1.82, 2.24) is 0 Å². The van der Waals surface area contributed by atoms with Gasteiger partial charge in [0.05, 0.1) is 0 Å². The molecule has 0 amide bonds. The largest absolute Gasteiger partial charge is 0.508 e. The predicted octanol–water partition coefficient (Wildman–Crippen LogP) is 4.02. The Morgan fingerprint density at radius 1 is 1.11 bits per heavy atom. The molecule has 0 heterocycles. The van der Waals surface area contributed by atoms with Gasteiger partial charge in [-0.3, -0.25) is 0 Å². The number of hydrogen-bond acceptors (Lipinski definition) is 1. The first kappa shape index (κ1) is 12.4. The van der Waals surface area contributed by atoms with Crippen molar-refractivity contribution in [2.24, 2.45) is 0 Å². The van der Waals surface area contributed by atoms with E-state index in [0.29, 0.717) is 12.2 Å². The second-order valence-electron chi connectivity index (χ2n) is 4.56. The van der Waals surface area contributed by atoms with E-state index < -0.39 is 0 Å². The first-order valence-electron chi connectivity index (χ1n) is 6.17. The van der Waals surface area contributed by atoms with Crippen LogP contribution in [0.15, 0.2) is 55.1 Å². The van der Waals surface area contributed by atoms with Crippen LogP contribution in [-0.4, -0.2) is 5.11 Å². The van der Waals surface area contributed by atoms with Crippen molar-refractivity contribution >= 4 is 0 Å². The first-order chi connectivity index (χ1) is 8.70. The fourth-order valence-electron chi connectivity index (χ4n) is 2.11. The van der Waals surface area contributed by atoms with E-state index in [1.54, 1.807) is 0 Å². The van der Waals surface area contributed by atoms with Gasteiger partial charge in [0.2, 0.25) is 0 Å². The van der Waals surface area contributed by atoms with Gasteiger partial charge in [-0.05, 0) is 48.1 Å². The van der Waals surface area contributed by atoms with Crippen molar-refractivity contribution in [2.75, 3.05) is 0 Å². The van der Waals surface area contributed by atoms with Crippen molar-refractivity contribution in [3.05, 3.63) is 77.4 Å². The quantitative estimate of drug-likeness (QED) is 0.798. The number of benzene rings is 2. The molecule has 18 heavy (non-hydrogen) atoms. The molecule has 0 bridgehead atoms. The van der Waals surface area contributed by atoms with Crippen molar-refractivity contribution in [3.63, 3.8) is 0 Å². The lowest BCUT2D eigenvalue weighted by molar-refractivity contribution is 0.469. The number of rotatable bonds is 4. The van der Waals surface area contributed by atoms with Gasteiger partial charge in [0, 0.05) is 0 Å². The van der Waals surface area contributed by atoms with Crippen LogP contribution < -0.4 is 0 Å². The molecule has 0 aliphatic carbocycles. The van der Waals surface area contributed by atoms with Gasteiger partial charge >= 0.3 is 0 Å². The lowest BCUT2D eigenvalue weighted by atomic mass is 9.96. The molecule has 2 aromatic rings. The highest BCUT2D eigenvalue weighted by Gasteiger charge is 2.06. The van der Waals surface area contributed by atoms with Gasteiger partial charge in [-0.1, -0.05) is 42.5 Å². The molecule has 0 aliphatic rings. The highest BCUT2D eigenvalue weighted by molar-refractivity contribution is 5.44. The predicted molar refractivity (Wildman–Crippen MR) is 76.0 cm³/mol. The van der Waals surface area contributed by atoms with Crippen LogP contribution in [0.2, 0.25) is 0 Å². The molecule has 0 radical (unpaired) electrons. The van der Waals surface area contributed by atoms with E-state index in [2.05, 4.69) is 36.9 Å². The zero-order valence-electron chi connectivity index (χ0n) is 10.7. The van der Waals surface area contributed by atoms with E-state index in [9.17, 15) is 5.11 Å². The van der Waals surface area contributed by atoms with Crippen LogP contribution >= 0.6 is 0 Å². The average molecular weight is 238 g/mol. The first-order valence-corrected chi connectivity index (χ1v) is 6.17. The second-order valence-corrected chi connectivity index (χ2v) is 4.56. The van der Waals surface area contributed by atoms with E-state index in [-0.39, 0.29) is 0 Å². The molecule has 0 spiro atoms. The highest BCUT2D eigenvalue weighted by Crippen LogP contribution is 2.24. The van der Waals surface area contributed by atoms with Gasteiger partial charge in [0.1, 0.15) is 5.75 Å². The van der Waals surface area contributed by atoms with E-state index in [0.717, 1.165) is 17.5 Å². The van der Waals surface area contributed by atoms with Crippen LogP contribution in [0.1, 0.15) is 22.3 Å². The van der Waals surface area contributed by atoms with E-state index >= 15 is 0 Å². The van der Waals surface area contributed by atoms with Crippen LogP contribution in [0.3, 0.4) is 0 Å². The number of aryl methyl sites for hydroxylation is 1. The van der Waals surface area contributed by atoms with Crippen LogP contribution in [-0.2, 0) is 12.8 Å². The minimum absolute atomic E-state index is 0.365. The minimum atomic E-state index is 0.365. The maximum absolute atomic E-state index is 9.87. The van der Waals surface area contributed by atoms with Crippen LogP contribution in [0.4, 0.5) is 0 Å². The SMILES string of the molecule is C=CCc1cc(Cc2ccccc2)c(C)cc1O. The normalized spacial score (nSPS) is 10.3. The molecule has 2 aromatic carbocycles. The summed E-state index contributed by atoms with van der Waals surface area (Å²) < 4.78 is 0. The van der Waals surface area contributed by atoms with Crippen LogP contribution in [0, 0.1) is 6.92 Å². The second kappa shape index (κ2) is 5.54. The van der Waals surface area contributed by atoms with Crippen molar-refractivity contribution in [2.45, 2.75) is 19.8 Å². The Hall–Kier alpha value is -2.02. The molecule has 0 aliphatic heterocycles. The Bertz CT molecular complexity index is 541. The molecule has 0 aromatic heterocycles. The van der Waals surface area contributed by atoms with Gasteiger partial charge in [0.25, 0.3) is 0 Å². The Kier molecular flexibility index (Phi) is 3.83. The Labute approximate surface area is 108 Å². The molecule has 1 nitrogen and oxygen atoms in total. The molecule has 1 N–H and O–H groups in total. The van der Waals surface area contributed by atoms with Gasteiger partial charge < -0.3 is 5.11 Å². The molecule has 1 heteroatoms. The Morgan fingerprint density at radius 2 is 1.83 bits per heavy atom. The molecule has 0 saturated carbocycles. The summed E-state index contributed by atoms with van der Waals surface area (Å²) >= 11 is 0. The van der Waals surface area contributed by atoms with E-state index in [4.69, 9.17) is 0 Å². The highest BCUT2D eigenvalue weighted by atomic mass is 16.3. The van der Waals surface area contributed by atoms with Gasteiger partial charge in [0.15, 0.2) is 0 Å². The summed E-state index contributed by atoms with van der Waals surface area (Å²) in [6.45, 7) is 5.76. The smallest absolute Gasteiger partial charge is 0.119 e. The molecule has 0 unspecified atom stereocenters. The Morgan fingerprint density at radius 3 is 2.50 bits per heavy atom. The summed E-state index contributed by atoms with van der Waals surface area (Å²) in [5.74, 6) is 0.365. The minimum Gasteiger partial charge on any atom is -0.508 e. The van der Waals surface area contributed by atoms with Gasteiger partial charge in [-0.25, -0.2) is 0 Å². The summed E-state index contributed by atoms with van der Waals surface area (Å²) in [5.41, 5.74) is 4.62. The zero-order chi connectivity index (χ0) is 13.0. The van der Waals surface area contributed by atoms with E-state index in [1.165, 1.54) is 11.1 Å². The number of allylic oxidation sites excluding steroid dienone is 1. The maximum Gasteiger partial charge on any atom is 0.119 e. The fourth-order valence-corrected chi connectivity index (χ4v) is 2.11. The summed E-state index contributed by atoms with van der Waals surface area (Å²) in [6.07, 6.45) is 3.42. The molecule has 92 valence electrons. The van der Waals surface area contributed by atoms with Crippen molar-refractivity contribution in [3.8, 4) is 5.75 Å². The summed E-state index contributed by atoms with van der Waals surface area (Å²) in [4.78, 5) is 0. The number of aromatic hydroxyl groups is 1. The molecule has 2 rings (SSSR count). The lowest BCUT2D eigenvalue weighted by Gasteiger charge is -2.10. The standard InChI is InChI=1S/C17H18O/c1-3-7-15-12-16(13(2)10-17(15)18)11-14-8-5-4-6-9-14/h3-6,8-10,12,18H,1,7,11H2,2H3. The van der Waals surface area contributed by atoms with Crippen molar-refractivity contribution in [1.29, 1.82) is 0 Å². The van der Waals surface area contributed by atoms with Crippen LogP contribution in [0.5, 0.6) is 5.75 Å². The summed E-state index contributed by atoms with van der Waals surface area (Å²) in [7, 11) is 0. The average Bonchev–Trinajstić information content (AvgIpc) is 2.37. The molecule has 0 saturated heterocycles. The third kappa shape index (κ3) is 2.80. The monoisotopic (exact) mass is 238 g/mol. The number of hydrogen-bond donors (Lipinski definition) is 1. The number of phenols is 1. The van der Waals surface area contributed by atoms with Crippen LogP contribution in [0.25, 0.3) is 0 Å². The maximum atomic E-state index is 9.87. The third-order valence-corrected chi connectivity index (χ3v) is 3.14. The summed E-state index contributed by atoms with van der Waals surface area (Å²) in [5, 5.41) is 9.87. The molecule has 0 fully saturated rings.